The molecule has 2 heterocycles. The molecule has 0 spiro atoms. The number of halogens is 1. The van der Waals surface area contributed by atoms with Crippen LogP contribution in [0.25, 0.3) is 10.9 Å². The van der Waals surface area contributed by atoms with Crippen molar-refractivity contribution in [3.05, 3.63) is 69.2 Å². The largest absolute Gasteiger partial charge is 0.322 e. The number of carbonyl (C=O) groups excluding carboxylic acids is 1. The molecule has 2 amide bonds. The number of aromatic nitrogens is 2. The molecule has 2 aromatic carbocycles. The number of benzene rings is 2. The number of amides is 2. The highest BCUT2D eigenvalue weighted by atomic mass is 79.9. The molecule has 0 atom stereocenters. The summed E-state index contributed by atoms with van der Waals surface area (Å²) in [7, 11) is 0. The lowest BCUT2D eigenvalue weighted by molar-refractivity contribution is 0.141. The molecule has 3 aromatic rings. The Morgan fingerprint density at radius 3 is 2.54 bits per heavy atom. The van der Waals surface area contributed by atoms with Gasteiger partial charge >= 0.3 is 6.03 Å². The number of nitrogens with zero attached hydrogens (tertiary/aromatic N) is 3. The topological polar surface area (TPSA) is 81.3 Å². The molecule has 7 nitrogen and oxygen atoms in total. The third-order valence-corrected chi connectivity index (χ3v) is 5.32. The second kappa shape index (κ2) is 8.12. The number of piperazine rings is 1. The summed E-state index contributed by atoms with van der Waals surface area (Å²) in [6.45, 7) is 3.26. The SMILES string of the molecule is O=C(Nc1ccc(Br)cc1)N1CCN(Cc2nc3ccccc3c(=O)[nH]2)CC1. The van der Waals surface area contributed by atoms with Gasteiger partial charge in [-0.25, -0.2) is 9.78 Å². The van der Waals surface area contributed by atoms with Crippen LogP contribution >= 0.6 is 15.9 Å². The summed E-state index contributed by atoms with van der Waals surface area (Å²) < 4.78 is 0.972. The molecule has 1 fully saturated rings. The fourth-order valence-corrected chi connectivity index (χ4v) is 3.53. The lowest BCUT2D eigenvalue weighted by Crippen LogP contribution is -2.49. The van der Waals surface area contributed by atoms with Gasteiger partial charge in [0.05, 0.1) is 17.4 Å². The third-order valence-electron chi connectivity index (χ3n) is 4.79. The number of hydrogen-bond donors (Lipinski definition) is 2. The molecule has 8 heteroatoms. The first-order valence-electron chi connectivity index (χ1n) is 9.10. The molecule has 4 rings (SSSR count). The molecular formula is C20H20BrN5O2. The predicted octanol–water partition coefficient (Wildman–Crippen LogP) is 3.04. The molecule has 1 saturated heterocycles. The Bertz CT molecular complexity index is 1040. The van der Waals surface area contributed by atoms with Crippen molar-refractivity contribution in [2.45, 2.75) is 6.54 Å². The van der Waals surface area contributed by atoms with Crippen molar-refractivity contribution in [2.24, 2.45) is 0 Å². The highest BCUT2D eigenvalue weighted by Gasteiger charge is 2.21. The van der Waals surface area contributed by atoms with Crippen LogP contribution in [0.15, 0.2) is 57.8 Å². The van der Waals surface area contributed by atoms with Crippen LogP contribution in [-0.4, -0.2) is 52.0 Å². The second-order valence-electron chi connectivity index (χ2n) is 6.73. The highest BCUT2D eigenvalue weighted by molar-refractivity contribution is 9.10. The number of anilines is 1. The first-order chi connectivity index (χ1) is 13.6. The number of nitrogens with one attached hydrogen (secondary N) is 2. The molecule has 2 N–H and O–H groups in total. The molecule has 1 aliphatic heterocycles. The Kier molecular flexibility index (Phi) is 5.40. The zero-order valence-electron chi connectivity index (χ0n) is 15.2. The Morgan fingerprint density at radius 1 is 1.07 bits per heavy atom. The number of para-hydroxylation sites is 1. The monoisotopic (exact) mass is 441 g/mol. The maximum absolute atomic E-state index is 12.4. The Hall–Kier alpha value is -2.71. The quantitative estimate of drug-likeness (QED) is 0.654. The van der Waals surface area contributed by atoms with Crippen LogP contribution in [0.1, 0.15) is 5.82 Å². The minimum atomic E-state index is -0.117. The fourth-order valence-electron chi connectivity index (χ4n) is 3.27. The lowest BCUT2D eigenvalue weighted by atomic mass is 10.2. The number of urea groups is 1. The number of aromatic amines is 1. The van der Waals surface area contributed by atoms with Crippen LogP contribution in [0.3, 0.4) is 0 Å². The Balaban J connectivity index is 1.34. The second-order valence-corrected chi connectivity index (χ2v) is 7.65. The van der Waals surface area contributed by atoms with Crippen LogP contribution in [0, 0.1) is 0 Å². The first kappa shape index (κ1) is 18.6. The summed E-state index contributed by atoms with van der Waals surface area (Å²) in [5.74, 6) is 0.650. The molecule has 144 valence electrons. The van der Waals surface area contributed by atoms with E-state index in [1.54, 1.807) is 11.0 Å². The zero-order chi connectivity index (χ0) is 19.5. The van der Waals surface area contributed by atoms with E-state index in [1.807, 2.05) is 42.5 Å². The van der Waals surface area contributed by atoms with Crippen LogP contribution in [0.2, 0.25) is 0 Å². The van der Waals surface area contributed by atoms with Gasteiger partial charge in [0.15, 0.2) is 0 Å². The number of carbonyl (C=O) groups is 1. The van der Waals surface area contributed by atoms with Crippen LogP contribution in [0.5, 0.6) is 0 Å². The van der Waals surface area contributed by atoms with Gasteiger partial charge in [-0.2, -0.15) is 0 Å². The van der Waals surface area contributed by atoms with Gasteiger partial charge in [0.2, 0.25) is 0 Å². The number of rotatable bonds is 3. The normalized spacial score (nSPS) is 15.0. The standard InChI is InChI=1S/C20H20BrN5O2/c21-14-5-7-15(8-6-14)22-20(28)26-11-9-25(10-12-26)13-18-23-17-4-2-1-3-16(17)19(27)24-18/h1-8H,9-13H2,(H,22,28)(H,23,24,27). The van der Waals surface area contributed by atoms with Crippen molar-refractivity contribution in [3.8, 4) is 0 Å². The molecule has 0 bridgehead atoms. The minimum Gasteiger partial charge on any atom is -0.322 e. The summed E-state index contributed by atoms with van der Waals surface area (Å²) in [6, 6.07) is 14.7. The van der Waals surface area contributed by atoms with Crippen molar-refractivity contribution in [1.82, 2.24) is 19.8 Å². The van der Waals surface area contributed by atoms with E-state index in [0.29, 0.717) is 36.4 Å². The summed E-state index contributed by atoms with van der Waals surface area (Å²) in [4.78, 5) is 36.0. The Morgan fingerprint density at radius 2 is 1.79 bits per heavy atom. The summed E-state index contributed by atoms with van der Waals surface area (Å²) in [6.07, 6.45) is 0. The van der Waals surface area contributed by atoms with Gasteiger partial charge in [-0.05, 0) is 36.4 Å². The van der Waals surface area contributed by atoms with E-state index in [0.717, 1.165) is 23.2 Å². The van der Waals surface area contributed by atoms with E-state index in [4.69, 9.17) is 0 Å². The maximum Gasteiger partial charge on any atom is 0.321 e. The molecule has 0 unspecified atom stereocenters. The molecule has 1 aromatic heterocycles. The highest BCUT2D eigenvalue weighted by Crippen LogP contribution is 2.15. The van der Waals surface area contributed by atoms with E-state index < -0.39 is 0 Å². The van der Waals surface area contributed by atoms with E-state index >= 15 is 0 Å². The average Bonchev–Trinajstić information content (AvgIpc) is 2.70. The fraction of sp³-hybridized carbons (Fsp3) is 0.250. The van der Waals surface area contributed by atoms with E-state index in [-0.39, 0.29) is 11.6 Å². The van der Waals surface area contributed by atoms with Crippen LogP contribution < -0.4 is 10.9 Å². The number of fused-ring (bicyclic) bond motifs is 1. The Labute approximate surface area is 170 Å². The van der Waals surface area contributed by atoms with Crippen molar-refractivity contribution in [2.75, 3.05) is 31.5 Å². The summed E-state index contributed by atoms with van der Waals surface area (Å²) in [5, 5.41) is 3.52. The molecular weight excluding hydrogens is 422 g/mol. The molecule has 0 aliphatic carbocycles. The van der Waals surface area contributed by atoms with Crippen molar-refractivity contribution in [1.29, 1.82) is 0 Å². The zero-order valence-corrected chi connectivity index (χ0v) is 16.8. The van der Waals surface area contributed by atoms with Gasteiger partial charge in [-0.1, -0.05) is 28.1 Å². The van der Waals surface area contributed by atoms with E-state index in [1.165, 1.54) is 0 Å². The van der Waals surface area contributed by atoms with Gasteiger partial charge < -0.3 is 15.2 Å². The average molecular weight is 442 g/mol. The molecule has 0 saturated carbocycles. The molecule has 28 heavy (non-hydrogen) atoms. The van der Waals surface area contributed by atoms with Gasteiger partial charge in [-0.3, -0.25) is 9.69 Å². The first-order valence-corrected chi connectivity index (χ1v) is 9.89. The van der Waals surface area contributed by atoms with Gasteiger partial charge in [0, 0.05) is 36.3 Å². The van der Waals surface area contributed by atoms with E-state index in [2.05, 4.69) is 36.1 Å². The maximum atomic E-state index is 12.4. The predicted molar refractivity (Wildman–Crippen MR) is 112 cm³/mol. The number of H-pyrrole nitrogens is 1. The van der Waals surface area contributed by atoms with E-state index in [9.17, 15) is 9.59 Å². The minimum absolute atomic E-state index is 0.0980. The van der Waals surface area contributed by atoms with Crippen LogP contribution in [0.4, 0.5) is 10.5 Å². The summed E-state index contributed by atoms with van der Waals surface area (Å²) in [5.41, 5.74) is 1.36. The number of hydrogen-bond acceptors (Lipinski definition) is 4. The smallest absolute Gasteiger partial charge is 0.321 e. The van der Waals surface area contributed by atoms with Gasteiger partial charge in [0.1, 0.15) is 5.82 Å². The van der Waals surface area contributed by atoms with Crippen molar-refractivity contribution in [3.63, 3.8) is 0 Å². The van der Waals surface area contributed by atoms with Crippen LogP contribution in [-0.2, 0) is 6.54 Å². The summed E-state index contributed by atoms with van der Waals surface area (Å²) >= 11 is 3.38. The molecule has 1 aliphatic rings. The third kappa shape index (κ3) is 4.23. The van der Waals surface area contributed by atoms with Crippen molar-refractivity contribution < 1.29 is 4.79 Å². The van der Waals surface area contributed by atoms with Gasteiger partial charge in [0.25, 0.3) is 5.56 Å². The van der Waals surface area contributed by atoms with Crippen molar-refractivity contribution >= 4 is 38.6 Å². The van der Waals surface area contributed by atoms with Gasteiger partial charge in [-0.15, -0.1) is 0 Å². The lowest BCUT2D eigenvalue weighted by Gasteiger charge is -2.34. The molecule has 0 radical (unpaired) electrons.